The standard InChI is InChI=1S/C9H16O3/c1-8(2)7(9(8,3)4)12-5-6(10)11/h7H,5H2,1-4H3,(H,10,11). The third-order valence-electron chi connectivity index (χ3n) is 3.26. The van der Waals surface area contributed by atoms with E-state index in [2.05, 4.69) is 27.7 Å². The van der Waals surface area contributed by atoms with Crippen molar-refractivity contribution in [3.8, 4) is 0 Å². The zero-order valence-electron chi connectivity index (χ0n) is 8.05. The lowest BCUT2D eigenvalue weighted by molar-refractivity contribution is -0.143. The van der Waals surface area contributed by atoms with Crippen LogP contribution in [-0.4, -0.2) is 23.8 Å². The van der Waals surface area contributed by atoms with Gasteiger partial charge in [0.1, 0.15) is 6.61 Å². The van der Waals surface area contributed by atoms with Crippen LogP contribution < -0.4 is 0 Å². The van der Waals surface area contributed by atoms with E-state index in [1.54, 1.807) is 0 Å². The molecule has 1 N–H and O–H groups in total. The summed E-state index contributed by atoms with van der Waals surface area (Å²) < 4.78 is 5.25. The van der Waals surface area contributed by atoms with Crippen LogP contribution in [0.25, 0.3) is 0 Å². The van der Waals surface area contributed by atoms with Crippen molar-refractivity contribution in [3.05, 3.63) is 0 Å². The molecule has 0 aliphatic heterocycles. The predicted molar refractivity (Wildman–Crippen MR) is 44.9 cm³/mol. The van der Waals surface area contributed by atoms with Crippen molar-refractivity contribution in [2.45, 2.75) is 33.8 Å². The molecular weight excluding hydrogens is 156 g/mol. The van der Waals surface area contributed by atoms with Crippen molar-refractivity contribution >= 4 is 5.97 Å². The van der Waals surface area contributed by atoms with Crippen LogP contribution in [0.4, 0.5) is 0 Å². The van der Waals surface area contributed by atoms with Gasteiger partial charge in [0.25, 0.3) is 0 Å². The van der Waals surface area contributed by atoms with Gasteiger partial charge in [-0.15, -0.1) is 0 Å². The third-order valence-corrected chi connectivity index (χ3v) is 3.26. The maximum absolute atomic E-state index is 10.2. The van der Waals surface area contributed by atoms with Crippen LogP contribution in [0.3, 0.4) is 0 Å². The summed E-state index contributed by atoms with van der Waals surface area (Å²) in [5.74, 6) is -0.895. The molecule has 3 nitrogen and oxygen atoms in total. The van der Waals surface area contributed by atoms with Gasteiger partial charge in [0.05, 0.1) is 6.10 Å². The number of carboxylic acid groups (broad SMARTS) is 1. The van der Waals surface area contributed by atoms with E-state index in [0.717, 1.165) is 0 Å². The van der Waals surface area contributed by atoms with Gasteiger partial charge in [0.2, 0.25) is 0 Å². The molecule has 1 aliphatic carbocycles. The highest BCUT2D eigenvalue weighted by atomic mass is 16.5. The fraction of sp³-hybridized carbons (Fsp3) is 0.889. The summed E-state index contributed by atoms with van der Waals surface area (Å²) in [5, 5.41) is 8.41. The van der Waals surface area contributed by atoms with Crippen molar-refractivity contribution in [1.29, 1.82) is 0 Å². The summed E-state index contributed by atoms with van der Waals surface area (Å²) in [6.07, 6.45) is 0.0844. The van der Waals surface area contributed by atoms with Gasteiger partial charge in [-0.1, -0.05) is 27.7 Å². The normalized spacial score (nSPS) is 25.3. The number of aliphatic carboxylic acids is 1. The minimum absolute atomic E-state index is 0.0844. The average molecular weight is 172 g/mol. The van der Waals surface area contributed by atoms with E-state index < -0.39 is 5.97 Å². The van der Waals surface area contributed by atoms with Crippen LogP contribution in [0.1, 0.15) is 27.7 Å². The zero-order chi connectivity index (χ0) is 9.57. The van der Waals surface area contributed by atoms with E-state index in [1.165, 1.54) is 0 Å². The molecule has 0 saturated heterocycles. The first-order valence-electron chi connectivity index (χ1n) is 4.13. The Morgan fingerprint density at radius 3 is 2.00 bits per heavy atom. The molecule has 12 heavy (non-hydrogen) atoms. The molecule has 0 aromatic heterocycles. The molecule has 3 heteroatoms. The summed E-state index contributed by atoms with van der Waals surface area (Å²) in [7, 11) is 0. The zero-order valence-corrected chi connectivity index (χ0v) is 8.05. The van der Waals surface area contributed by atoms with E-state index >= 15 is 0 Å². The van der Waals surface area contributed by atoms with Crippen LogP contribution in [0.2, 0.25) is 0 Å². The first-order valence-corrected chi connectivity index (χ1v) is 4.13. The van der Waals surface area contributed by atoms with Crippen molar-refractivity contribution in [2.24, 2.45) is 10.8 Å². The summed E-state index contributed by atoms with van der Waals surface area (Å²) in [5.41, 5.74) is 0.227. The van der Waals surface area contributed by atoms with E-state index in [-0.39, 0.29) is 23.5 Å². The fourth-order valence-corrected chi connectivity index (χ4v) is 1.71. The van der Waals surface area contributed by atoms with Gasteiger partial charge in [-0.3, -0.25) is 0 Å². The number of carbonyl (C=O) groups is 1. The first-order chi connectivity index (χ1) is 5.30. The van der Waals surface area contributed by atoms with Crippen molar-refractivity contribution < 1.29 is 14.6 Å². The SMILES string of the molecule is CC1(C)C(OCC(=O)O)C1(C)C. The molecule has 1 fully saturated rings. The molecule has 1 rings (SSSR count). The number of rotatable bonds is 3. The van der Waals surface area contributed by atoms with E-state index in [9.17, 15) is 4.79 Å². The molecule has 0 aromatic rings. The van der Waals surface area contributed by atoms with Gasteiger partial charge in [-0.05, 0) is 10.8 Å². The van der Waals surface area contributed by atoms with E-state index in [1.807, 2.05) is 0 Å². The number of carboxylic acids is 1. The molecule has 0 unspecified atom stereocenters. The van der Waals surface area contributed by atoms with Crippen molar-refractivity contribution in [2.75, 3.05) is 6.61 Å². The van der Waals surface area contributed by atoms with Gasteiger partial charge in [0, 0.05) is 0 Å². The highest BCUT2D eigenvalue weighted by Crippen LogP contribution is 2.64. The third kappa shape index (κ3) is 1.22. The predicted octanol–water partition coefficient (Wildman–Crippen LogP) is 1.52. The lowest BCUT2D eigenvalue weighted by Gasteiger charge is -2.02. The summed E-state index contributed by atoms with van der Waals surface area (Å²) in [6.45, 7) is 8.20. The second-order valence-electron chi connectivity index (χ2n) is 4.53. The highest BCUT2D eigenvalue weighted by molar-refractivity contribution is 5.68. The van der Waals surface area contributed by atoms with Crippen LogP contribution in [0, 0.1) is 10.8 Å². The Labute approximate surface area is 72.7 Å². The Kier molecular flexibility index (Phi) is 1.95. The Bertz CT molecular complexity index is 192. The molecule has 1 aliphatic rings. The number of ether oxygens (including phenoxy) is 1. The summed E-state index contributed by atoms with van der Waals surface area (Å²) in [6, 6.07) is 0. The molecule has 0 amide bonds. The molecular formula is C9H16O3. The highest BCUT2D eigenvalue weighted by Gasteiger charge is 2.66. The summed E-state index contributed by atoms with van der Waals surface area (Å²) >= 11 is 0. The smallest absolute Gasteiger partial charge is 0.329 e. The molecule has 0 radical (unpaired) electrons. The average Bonchev–Trinajstić information content (AvgIpc) is 2.21. The molecule has 0 heterocycles. The minimum atomic E-state index is -0.895. The van der Waals surface area contributed by atoms with Crippen LogP contribution in [-0.2, 0) is 9.53 Å². The van der Waals surface area contributed by atoms with Crippen LogP contribution in [0.15, 0.2) is 0 Å². The largest absolute Gasteiger partial charge is 0.480 e. The lowest BCUT2D eigenvalue weighted by Crippen LogP contribution is -2.11. The van der Waals surface area contributed by atoms with Crippen molar-refractivity contribution in [1.82, 2.24) is 0 Å². The second kappa shape index (κ2) is 2.46. The Hall–Kier alpha value is -0.570. The lowest BCUT2D eigenvalue weighted by atomic mass is 10.0. The van der Waals surface area contributed by atoms with Crippen LogP contribution >= 0.6 is 0 Å². The Morgan fingerprint density at radius 1 is 1.33 bits per heavy atom. The summed E-state index contributed by atoms with van der Waals surface area (Å²) in [4.78, 5) is 10.2. The second-order valence-corrected chi connectivity index (χ2v) is 4.53. The molecule has 0 bridgehead atoms. The first kappa shape index (κ1) is 9.52. The monoisotopic (exact) mass is 172 g/mol. The molecule has 1 saturated carbocycles. The van der Waals surface area contributed by atoms with Gasteiger partial charge in [-0.25, -0.2) is 4.79 Å². The van der Waals surface area contributed by atoms with Gasteiger partial charge >= 0.3 is 5.97 Å². The van der Waals surface area contributed by atoms with E-state index in [0.29, 0.717) is 0 Å². The van der Waals surface area contributed by atoms with Gasteiger partial charge in [0.15, 0.2) is 0 Å². The van der Waals surface area contributed by atoms with E-state index in [4.69, 9.17) is 9.84 Å². The minimum Gasteiger partial charge on any atom is -0.480 e. The van der Waals surface area contributed by atoms with Gasteiger partial charge < -0.3 is 9.84 Å². The quantitative estimate of drug-likeness (QED) is 0.702. The van der Waals surface area contributed by atoms with Gasteiger partial charge in [-0.2, -0.15) is 0 Å². The molecule has 0 aromatic carbocycles. The number of hydrogen-bond acceptors (Lipinski definition) is 2. The Morgan fingerprint density at radius 2 is 1.75 bits per heavy atom. The molecule has 0 atom stereocenters. The van der Waals surface area contributed by atoms with Crippen LogP contribution in [0.5, 0.6) is 0 Å². The van der Waals surface area contributed by atoms with Crippen molar-refractivity contribution in [3.63, 3.8) is 0 Å². The molecule has 70 valence electrons. The topological polar surface area (TPSA) is 46.5 Å². The maximum atomic E-state index is 10.2. The Balaban J connectivity index is 2.44. The fourth-order valence-electron chi connectivity index (χ4n) is 1.71. The maximum Gasteiger partial charge on any atom is 0.329 e. The number of hydrogen-bond donors (Lipinski definition) is 1. The molecule has 0 spiro atoms.